The third kappa shape index (κ3) is 2.28. The lowest BCUT2D eigenvalue weighted by Crippen LogP contribution is -2.34. The van der Waals surface area contributed by atoms with Crippen molar-refractivity contribution in [1.29, 1.82) is 0 Å². The highest BCUT2D eigenvalue weighted by atomic mass is 35.5. The number of fused-ring (bicyclic) bond motifs is 1. The van der Waals surface area contributed by atoms with Gasteiger partial charge in [-0.05, 0) is 48.4 Å². The summed E-state index contributed by atoms with van der Waals surface area (Å²) >= 11 is 6.07. The number of benzene rings is 2. The van der Waals surface area contributed by atoms with Crippen LogP contribution in [0.2, 0.25) is 5.02 Å². The van der Waals surface area contributed by atoms with Crippen LogP contribution in [0.3, 0.4) is 0 Å². The Kier molecular flexibility index (Phi) is 3.20. The fourth-order valence-corrected chi connectivity index (χ4v) is 2.57. The van der Waals surface area contributed by atoms with Gasteiger partial charge in [0.25, 0.3) is 0 Å². The molecular weight excluding hydrogens is 268 g/mol. The highest BCUT2D eigenvalue weighted by Crippen LogP contribution is 2.29. The van der Waals surface area contributed by atoms with Gasteiger partial charge in [-0.1, -0.05) is 35.9 Å². The Morgan fingerprint density at radius 1 is 1.00 bits per heavy atom. The molecule has 0 aliphatic rings. The van der Waals surface area contributed by atoms with Gasteiger partial charge in [-0.2, -0.15) is 0 Å². The van der Waals surface area contributed by atoms with Crippen LogP contribution in [0.5, 0.6) is 0 Å². The largest absolute Gasteiger partial charge is 0.318 e. The van der Waals surface area contributed by atoms with E-state index in [-0.39, 0.29) is 0 Å². The standard InChI is InChI=1S/C17H15ClN2/c1-17(19,13-5-2-6-15(18)11-13)14-7-8-16-12(10-14)4-3-9-20-16/h2-11H,19H2,1H3. The first-order valence-corrected chi connectivity index (χ1v) is 6.85. The topological polar surface area (TPSA) is 38.9 Å². The van der Waals surface area contributed by atoms with Crippen molar-refractivity contribution in [1.82, 2.24) is 4.98 Å². The Morgan fingerprint density at radius 3 is 2.60 bits per heavy atom. The third-order valence-corrected chi connectivity index (χ3v) is 3.86. The number of nitrogens with two attached hydrogens (primary N) is 1. The van der Waals surface area contributed by atoms with Crippen LogP contribution in [-0.2, 0) is 5.54 Å². The normalized spacial score (nSPS) is 14.2. The summed E-state index contributed by atoms with van der Waals surface area (Å²) in [6.07, 6.45) is 1.79. The van der Waals surface area contributed by atoms with Gasteiger partial charge in [0.15, 0.2) is 0 Å². The number of nitrogens with zero attached hydrogens (tertiary/aromatic N) is 1. The van der Waals surface area contributed by atoms with Crippen LogP contribution in [-0.4, -0.2) is 4.98 Å². The van der Waals surface area contributed by atoms with Gasteiger partial charge in [-0.3, -0.25) is 4.98 Å². The minimum atomic E-state index is -0.588. The van der Waals surface area contributed by atoms with E-state index in [4.69, 9.17) is 17.3 Å². The molecule has 1 unspecified atom stereocenters. The predicted molar refractivity (Wildman–Crippen MR) is 83.8 cm³/mol. The molecular formula is C17H15ClN2. The first-order chi connectivity index (χ1) is 9.57. The Labute approximate surface area is 123 Å². The lowest BCUT2D eigenvalue weighted by molar-refractivity contribution is 0.604. The monoisotopic (exact) mass is 282 g/mol. The quantitative estimate of drug-likeness (QED) is 0.768. The van der Waals surface area contributed by atoms with E-state index in [1.54, 1.807) is 6.20 Å². The third-order valence-electron chi connectivity index (χ3n) is 3.63. The van der Waals surface area contributed by atoms with Crippen molar-refractivity contribution in [3.63, 3.8) is 0 Å². The number of hydrogen-bond acceptors (Lipinski definition) is 2. The molecule has 0 saturated heterocycles. The zero-order valence-corrected chi connectivity index (χ0v) is 11.9. The molecule has 3 heteroatoms. The molecule has 1 atom stereocenters. The van der Waals surface area contributed by atoms with Crippen molar-refractivity contribution >= 4 is 22.5 Å². The van der Waals surface area contributed by atoms with Gasteiger partial charge < -0.3 is 5.73 Å². The van der Waals surface area contributed by atoms with E-state index in [9.17, 15) is 0 Å². The van der Waals surface area contributed by atoms with E-state index in [0.717, 1.165) is 22.0 Å². The lowest BCUT2D eigenvalue weighted by atomic mass is 9.85. The van der Waals surface area contributed by atoms with E-state index < -0.39 is 5.54 Å². The van der Waals surface area contributed by atoms with Crippen LogP contribution in [0.15, 0.2) is 60.8 Å². The number of pyridine rings is 1. The summed E-state index contributed by atoms with van der Waals surface area (Å²) in [5.41, 5.74) is 8.96. The van der Waals surface area contributed by atoms with Gasteiger partial charge in [-0.25, -0.2) is 0 Å². The molecule has 2 aromatic carbocycles. The van der Waals surface area contributed by atoms with Crippen molar-refractivity contribution < 1.29 is 0 Å². The average Bonchev–Trinajstić information content (AvgIpc) is 2.46. The molecule has 20 heavy (non-hydrogen) atoms. The van der Waals surface area contributed by atoms with Gasteiger partial charge in [0.05, 0.1) is 11.1 Å². The number of aromatic nitrogens is 1. The minimum absolute atomic E-state index is 0.588. The molecule has 2 nitrogen and oxygen atoms in total. The van der Waals surface area contributed by atoms with Crippen LogP contribution in [0.25, 0.3) is 10.9 Å². The van der Waals surface area contributed by atoms with E-state index in [1.807, 2.05) is 55.5 Å². The molecule has 1 heterocycles. The van der Waals surface area contributed by atoms with E-state index in [1.165, 1.54) is 0 Å². The average molecular weight is 283 g/mol. The van der Waals surface area contributed by atoms with Gasteiger partial charge in [0, 0.05) is 16.6 Å². The molecule has 1 aromatic heterocycles. The Morgan fingerprint density at radius 2 is 1.80 bits per heavy atom. The molecule has 0 radical (unpaired) electrons. The minimum Gasteiger partial charge on any atom is -0.318 e. The first kappa shape index (κ1) is 13.1. The van der Waals surface area contributed by atoms with Crippen molar-refractivity contribution in [2.75, 3.05) is 0 Å². The molecule has 2 N–H and O–H groups in total. The molecule has 0 saturated carbocycles. The summed E-state index contributed by atoms with van der Waals surface area (Å²) < 4.78 is 0. The Hall–Kier alpha value is -1.90. The summed E-state index contributed by atoms with van der Waals surface area (Å²) in [6, 6.07) is 17.8. The molecule has 0 spiro atoms. The fourth-order valence-electron chi connectivity index (χ4n) is 2.38. The van der Waals surface area contributed by atoms with Gasteiger partial charge >= 0.3 is 0 Å². The zero-order valence-electron chi connectivity index (χ0n) is 11.2. The number of hydrogen-bond donors (Lipinski definition) is 1. The summed E-state index contributed by atoms with van der Waals surface area (Å²) in [5.74, 6) is 0. The first-order valence-electron chi connectivity index (χ1n) is 6.47. The predicted octanol–water partition coefficient (Wildman–Crippen LogP) is 4.11. The summed E-state index contributed by atoms with van der Waals surface area (Å²) in [4.78, 5) is 4.33. The Balaban J connectivity index is 2.13. The molecule has 0 bridgehead atoms. The molecule has 0 amide bonds. The highest BCUT2D eigenvalue weighted by molar-refractivity contribution is 6.30. The molecule has 100 valence electrons. The lowest BCUT2D eigenvalue weighted by Gasteiger charge is -2.26. The molecule has 0 aliphatic heterocycles. The second kappa shape index (κ2) is 4.89. The Bertz CT molecular complexity index is 766. The van der Waals surface area contributed by atoms with Crippen molar-refractivity contribution in [2.24, 2.45) is 5.73 Å². The SMILES string of the molecule is CC(N)(c1cccc(Cl)c1)c1ccc2ncccc2c1. The maximum atomic E-state index is 6.54. The van der Waals surface area contributed by atoms with Crippen molar-refractivity contribution in [3.8, 4) is 0 Å². The van der Waals surface area contributed by atoms with Crippen LogP contribution in [0, 0.1) is 0 Å². The summed E-state index contributed by atoms with van der Waals surface area (Å²) in [6.45, 7) is 2.00. The van der Waals surface area contributed by atoms with Gasteiger partial charge in [-0.15, -0.1) is 0 Å². The van der Waals surface area contributed by atoms with Crippen LogP contribution in [0.4, 0.5) is 0 Å². The molecule has 0 fully saturated rings. The van der Waals surface area contributed by atoms with E-state index >= 15 is 0 Å². The second-order valence-electron chi connectivity index (χ2n) is 5.12. The van der Waals surface area contributed by atoms with Crippen molar-refractivity contribution in [2.45, 2.75) is 12.5 Å². The fraction of sp³-hybridized carbons (Fsp3) is 0.118. The number of halogens is 1. The van der Waals surface area contributed by atoms with E-state index in [0.29, 0.717) is 5.02 Å². The number of rotatable bonds is 2. The van der Waals surface area contributed by atoms with E-state index in [2.05, 4.69) is 11.1 Å². The van der Waals surface area contributed by atoms with Crippen molar-refractivity contribution in [3.05, 3.63) is 76.9 Å². The molecule has 3 rings (SSSR count). The smallest absolute Gasteiger partial charge is 0.0702 e. The molecule has 0 aliphatic carbocycles. The molecule has 3 aromatic rings. The summed E-state index contributed by atoms with van der Waals surface area (Å²) in [7, 11) is 0. The second-order valence-corrected chi connectivity index (χ2v) is 5.56. The van der Waals surface area contributed by atoms with Gasteiger partial charge in [0.1, 0.15) is 0 Å². The maximum absolute atomic E-state index is 6.54. The highest BCUT2D eigenvalue weighted by Gasteiger charge is 2.24. The summed E-state index contributed by atoms with van der Waals surface area (Å²) in [5, 5.41) is 1.78. The van der Waals surface area contributed by atoms with Crippen LogP contribution in [0.1, 0.15) is 18.1 Å². The van der Waals surface area contributed by atoms with Gasteiger partial charge in [0.2, 0.25) is 0 Å². The van der Waals surface area contributed by atoms with Crippen LogP contribution >= 0.6 is 11.6 Å². The maximum Gasteiger partial charge on any atom is 0.0702 e. The zero-order chi connectivity index (χ0) is 14.2. The van der Waals surface area contributed by atoms with Crippen LogP contribution < -0.4 is 5.73 Å².